The first kappa shape index (κ1) is 20.6. The zero-order valence-electron chi connectivity index (χ0n) is 18.6. The fourth-order valence-corrected chi connectivity index (χ4v) is 5.61. The third kappa shape index (κ3) is 2.93. The Hall–Kier alpha value is -3.26. The lowest BCUT2D eigenvalue weighted by Crippen LogP contribution is -2.75. The number of morpholine rings is 1. The van der Waals surface area contributed by atoms with Crippen LogP contribution < -0.4 is 15.5 Å². The van der Waals surface area contributed by atoms with Crippen molar-refractivity contribution >= 4 is 23.5 Å². The summed E-state index contributed by atoms with van der Waals surface area (Å²) in [4.78, 5) is 45.0. The summed E-state index contributed by atoms with van der Waals surface area (Å²) in [6.45, 7) is 8.33. The second kappa shape index (κ2) is 7.13. The largest absolute Gasteiger partial charge is 0.372 e. The normalized spacial score (nSPS) is 26.3. The second-order valence-corrected chi connectivity index (χ2v) is 9.06. The molecule has 0 aliphatic carbocycles. The SMILES string of the molecule is Cc1ccc(-c2ccc3c(c2)CC2(C(=O)NC(=O)NC2=O)[C@H]2[C@H](C)O[C@H](C)CN32)c(C)n1. The van der Waals surface area contributed by atoms with Crippen LogP contribution in [0.5, 0.6) is 0 Å². The fourth-order valence-electron chi connectivity index (χ4n) is 5.61. The van der Waals surface area contributed by atoms with E-state index in [4.69, 9.17) is 4.74 Å². The van der Waals surface area contributed by atoms with E-state index in [1.807, 2.05) is 45.9 Å². The van der Waals surface area contributed by atoms with E-state index in [0.717, 1.165) is 33.8 Å². The molecule has 4 heterocycles. The smallest absolute Gasteiger partial charge is 0.328 e. The number of carbonyl (C=O) groups excluding carboxylic acids is 3. The molecule has 2 aromatic rings. The van der Waals surface area contributed by atoms with Crippen LogP contribution in [-0.2, 0) is 20.7 Å². The number of amides is 4. The summed E-state index contributed by atoms with van der Waals surface area (Å²) in [6, 6.07) is 8.86. The number of hydrogen-bond acceptors (Lipinski definition) is 6. The number of nitrogens with one attached hydrogen (secondary N) is 2. The molecular weight excluding hydrogens is 408 g/mol. The third-order valence-corrected chi connectivity index (χ3v) is 6.84. The maximum atomic E-state index is 13.2. The van der Waals surface area contributed by atoms with Gasteiger partial charge in [0.25, 0.3) is 0 Å². The maximum Gasteiger partial charge on any atom is 0.328 e. The molecule has 0 unspecified atom stereocenters. The van der Waals surface area contributed by atoms with Crippen molar-refractivity contribution in [2.75, 3.05) is 11.4 Å². The number of urea groups is 1. The number of carbonyl (C=O) groups is 3. The summed E-state index contributed by atoms with van der Waals surface area (Å²) >= 11 is 0. The molecule has 3 atom stereocenters. The lowest BCUT2D eigenvalue weighted by atomic mass is 9.66. The fraction of sp³-hybridized carbons (Fsp3) is 0.417. The predicted molar refractivity (Wildman–Crippen MR) is 118 cm³/mol. The quantitative estimate of drug-likeness (QED) is 0.668. The van der Waals surface area contributed by atoms with Gasteiger partial charge >= 0.3 is 6.03 Å². The average molecular weight is 434 g/mol. The lowest BCUT2D eigenvalue weighted by Gasteiger charge is -2.55. The average Bonchev–Trinajstić information content (AvgIpc) is 2.71. The maximum absolute atomic E-state index is 13.2. The molecule has 5 rings (SSSR count). The van der Waals surface area contributed by atoms with Crippen LogP contribution in [0.25, 0.3) is 11.1 Å². The van der Waals surface area contributed by atoms with Gasteiger partial charge in [-0.05, 0) is 63.4 Å². The van der Waals surface area contributed by atoms with E-state index in [1.54, 1.807) is 0 Å². The number of aryl methyl sites for hydroxylation is 2. The monoisotopic (exact) mass is 434 g/mol. The molecule has 2 saturated heterocycles. The van der Waals surface area contributed by atoms with E-state index < -0.39 is 29.3 Å². The lowest BCUT2D eigenvalue weighted by molar-refractivity contribution is -0.153. The minimum atomic E-state index is -1.46. The molecule has 1 aromatic carbocycles. The number of barbiturate groups is 1. The van der Waals surface area contributed by atoms with Crippen LogP contribution in [0.2, 0.25) is 0 Å². The van der Waals surface area contributed by atoms with Gasteiger partial charge in [-0.25, -0.2) is 4.79 Å². The van der Waals surface area contributed by atoms with E-state index in [0.29, 0.717) is 6.54 Å². The highest BCUT2D eigenvalue weighted by molar-refractivity contribution is 6.20. The summed E-state index contributed by atoms with van der Waals surface area (Å²) < 4.78 is 6.05. The minimum absolute atomic E-state index is 0.0659. The zero-order valence-corrected chi connectivity index (χ0v) is 18.6. The van der Waals surface area contributed by atoms with E-state index in [-0.39, 0.29) is 18.6 Å². The van der Waals surface area contributed by atoms with Crippen LogP contribution in [-0.4, -0.2) is 47.6 Å². The van der Waals surface area contributed by atoms with Gasteiger partial charge in [0.1, 0.15) is 0 Å². The number of ether oxygens (including phenoxy) is 1. The first-order valence-corrected chi connectivity index (χ1v) is 10.9. The molecule has 4 amide bonds. The van der Waals surface area contributed by atoms with Gasteiger partial charge in [0.15, 0.2) is 5.41 Å². The van der Waals surface area contributed by atoms with Crippen molar-refractivity contribution in [3.63, 3.8) is 0 Å². The molecule has 3 aliphatic rings. The summed E-state index contributed by atoms with van der Waals surface area (Å²) in [7, 11) is 0. The van der Waals surface area contributed by atoms with Gasteiger partial charge in [0.05, 0.1) is 18.2 Å². The van der Waals surface area contributed by atoms with Crippen molar-refractivity contribution in [1.82, 2.24) is 15.6 Å². The third-order valence-electron chi connectivity index (χ3n) is 6.84. The van der Waals surface area contributed by atoms with Crippen molar-refractivity contribution in [2.45, 2.75) is 52.4 Å². The predicted octanol–water partition coefficient (Wildman–Crippen LogP) is 2.26. The zero-order chi connectivity index (χ0) is 22.8. The van der Waals surface area contributed by atoms with Crippen LogP contribution in [0.1, 0.15) is 30.8 Å². The molecule has 0 saturated carbocycles. The summed E-state index contributed by atoms with van der Waals surface area (Å²) in [5.74, 6) is -1.15. The highest BCUT2D eigenvalue weighted by atomic mass is 16.5. The van der Waals surface area contributed by atoms with E-state index in [1.165, 1.54) is 0 Å². The number of pyridine rings is 1. The molecule has 2 N–H and O–H groups in total. The summed E-state index contributed by atoms with van der Waals surface area (Å²) in [5, 5.41) is 4.65. The molecule has 0 radical (unpaired) electrons. The Bertz CT molecular complexity index is 1140. The van der Waals surface area contributed by atoms with E-state index in [9.17, 15) is 14.4 Å². The first-order chi connectivity index (χ1) is 15.2. The van der Waals surface area contributed by atoms with Crippen molar-refractivity contribution in [3.8, 4) is 11.1 Å². The van der Waals surface area contributed by atoms with Crippen molar-refractivity contribution in [2.24, 2.45) is 5.41 Å². The van der Waals surface area contributed by atoms with Gasteiger partial charge in [0, 0.05) is 29.2 Å². The standard InChI is InChI=1S/C24H26N4O4/c1-12-5-7-18(14(3)25-12)16-6-8-19-17(9-16)10-24(21(29)26-23(31)27-22(24)30)20-15(4)32-13(2)11-28(19)20/h5-9,13,15,20H,10-11H2,1-4H3,(H2,26,27,29,30,31)/t13-,15+,20-/m1/s1. The van der Waals surface area contributed by atoms with E-state index in [2.05, 4.69) is 32.7 Å². The number of imide groups is 2. The Balaban J connectivity index is 1.68. The number of anilines is 1. The molecule has 2 fully saturated rings. The molecule has 0 bridgehead atoms. The number of nitrogens with zero attached hydrogens (tertiary/aromatic N) is 2. The molecule has 1 spiro atoms. The molecule has 1 aromatic heterocycles. The first-order valence-electron chi connectivity index (χ1n) is 10.9. The molecular formula is C24H26N4O4. The summed E-state index contributed by atoms with van der Waals surface area (Å²) in [5.41, 5.74) is 4.26. The van der Waals surface area contributed by atoms with Crippen LogP contribution >= 0.6 is 0 Å². The summed E-state index contributed by atoms with van der Waals surface area (Å²) in [6.07, 6.45) is -0.258. The number of fused-ring (bicyclic) bond motifs is 4. The number of aromatic nitrogens is 1. The Morgan fingerprint density at radius 1 is 1.06 bits per heavy atom. The van der Waals surface area contributed by atoms with Crippen LogP contribution in [0.15, 0.2) is 30.3 Å². The van der Waals surface area contributed by atoms with Gasteiger partial charge in [-0.2, -0.15) is 0 Å². The minimum Gasteiger partial charge on any atom is -0.372 e. The topological polar surface area (TPSA) is 101 Å². The molecule has 3 aliphatic heterocycles. The highest BCUT2D eigenvalue weighted by Crippen LogP contribution is 2.47. The Morgan fingerprint density at radius 2 is 1.78 bits per heavy atom. The van der Waals surface area contributed by atoms with Crippen molar-refractivity contribution in [3.05, 3.63) is 47.3 Å². The van der Waals surface area contributed by atoms with Crippen LogP contribution in [0.4, 0.5) is 10.5 Å². The number of rotatable bonds is 1. The van der Waals surface area contributed by atoms with Gasteiger partial charge in [0.2, 0.25) is 11.8 Å². The Kier molecular flexibility index (Phi) is 4.60. The van der Waals surface area contributed by atoms with Gasteiger partial charge in [-0.3, -0.25) is 25.2 Å². The van der Waals surface area contributed by atoms with Gasteiger partial charge in [-0.15, -0.1) is 0 Å². The number of benzene rings is 1. The van der Waals surface area contributed by atoms with Crippen molar-refractivity contribution < 1.29 is 19.1 Å². The molecule has 8 heteroatoms. The second-order valence-electron chi connectivity index (χ2n) is 9.06. The number of hydrogen-bond donors (Lipinski definition) is 2. The van der Waals surface area contributed by atoms with Crippen molar-refractivity contribution in [1.29, 1.82) is 0 Å². The molecule has 166 valence electrons. The van der Waals surface area contributed by atoms with Crippen LogP contribution in [0, 0.1) is 19.3 Å². The van der Waals surface area contributed by atoms with Crippen LogP contribution in [0.3, 0.4) is 0 Å². The van der Waals surface area contributed by atoms with Gasteiger partial charge < -0.3 is 9.64 Å². The highest BCUT2D eigenvalue weighted by Gasteiger charge is 2.62. The molecule has 8 nitrogen and oxygen atoms in total. The Labute approximate surface area is 186 Å². The Morgan fingerprint density at radius 3 is 2.47 bits per heavy atom. The molecule has 32 heavy (non-hydrogen) atoms. The van der Waals surface area contributed by atoms with E-state index >= 15 is 0 Å². The van der Waals surface area contributed by atoms with Gasteiger partial charge in [-0.1, -0.05) is 12.1 Å².